The number of nitrogens with two attached hydrogens (primary N) is 1. The lowest BCUT2D eigenvalue weighted by Crippen LogP contribution is -2.13. The zero-order chi connectivity index (χ0) is 22.4. The minimum Gasteiger partial charge on any atom is -0.400 e. The van der Waals surface area contributed by atoms with Crippen molar-refractivity contribution in [3.05, 3.63) is 101 Å². The van der Waals surface area contributed by atoms with Crippen molar-refractivity contribution in [3.8, 4) is 11.1 Å². The van der Waals surface area contributed by atoms with Crippen molar-refractivity contribution in [1.29, 1.82) is 0 Å². The quantitative estimate of drug-likeness (QED) is 0.443. The van der Waals surface area contributed by atoms with Gasteiger partial charge in [0.25, 0.3) is 0 Å². The van der Waals surface area contributed by atoms with Crippen molar-refractivity contribution in [2.45, 2.75) is 46.0 Å². The molecular formula is C28H32N2O. The minimum absolute atomic E-state index is 0.150. The fourth-order valence-corrected chi connectivity index (χ4v) is 3.44. The molecule has 0 aliphatic carbocycles. The van der Waals surface area contributed by atoms with Gasteiger partial charge in [0.2, 0.25) is 0 Å². The molecule has 0 unspecified atom stereocenters. The van der Waals surface area contributed by atoms with E-state index < -0.39 is 0 Å². The zero-order valence-corrected chi connectivity index (χ0v) is 18.9. The van der Waals surface area contributed by atoms with Crippen LogP contribution in [-0.4, -0.2) is 6.29 Å². The molecule has 31 heavy (non-hydrogen) atoms. The van der Waals surface area contributed by atoms with Gasteiger partial charge in [0.15, 0.2) is 0 Å². The summed E-state index contributed by atoms with van der Waals surface area (Å²) in [6.07, 6.45) is 1.69. The van der Waals surface area contributed by atoms with Crippen molar-refractivity contribution < 1.29 is 4.79 Å². The number of rotatable bonds is 7. The Balaban J connectivity index is 1.78. The van der Waals surface area contributed by atoms with Crippen LogP contribution in [0.25, 0.3) is 11.1 Å². The van der Waals surface area contributed by atoms with E-state index in [4.69, 9.17) is 5.73 Å². The van der Waals surface area contributed by atoms with Crippen molar-refractivity contribution in [2.75, 3.05) is 5.32 Å². The number of carbonyl (C=O) groups excluding carboxylic acids is 1. The van der Waals surface area contributed by atoms with E-state index in [-0.39, 0.29) is 11.8 Å². The van der Waals surface area contributed by atoms with E-state index in [1.807, 2.05) is 12.1 Å². The summed E-state index contributed by atoms with van der Waals surface area (Å²) in [4.78, 5) is 11.0. The fraction of sp³-hybridized carbons (Fsp3) is 0.250. The second-order valence-electron chi connectivity index (χ2n) is 9.07. The summed E-state index contributed by atoms with van der Waals surface area (Å²) in [5, 5.41) is 3.40. The van der Waals surface area contributed by atoms with Crippen molar-refractivity contribution in [3.63, 3.8) is 0 Å². The van der Waals surface area contributed by atoms with E-state index in [2.05, 4.69) is 93.7 Å². The van der Waals surface area contributed by atoms with Crippen LogP contribution < -0.4 is 11.1 Å². The highest BCUT2D eigenvalue weighted by atomic mass is 16.1. The molecule has 0 fully saturated rings. The van der Waals surface area contributed by atoms with Gasteiger partial charge in [0.1, 0.15) is 6.29 Å². The van der Waals surface area contributed by atoms with Crippen LogP contribution in [-0.2, 0) is 16.6 Å². The SMILES string of the molecule is Cc1ccc(N/C(Cc2ccc(-c3ccc(C(C)(C)C)cc3)cc2)=C(\N)CC=O)cc1. The second-order valence-corrected chi connectivity index (χ2v) is 9.07. The number of aryl methyl sites for hydroxylation is 1. The minimum atomic E-state index is 0.150. The van der Waals surface area contributed by atoms with Gasteiger partial charge >= 0.3 is 0 Å². The smallest absolute Gasteiger partial charge is 0.125 e. The maximum absolute atomic E-state index is 11.0. The van der Waals surface area contributed by atoms with E-state index in [0.29, 0.717) is 12.1 Å². The normalized spacial score (nSPS) is 12.3. The molecule has 0 amide bonds. The third kappa shape index (κ3) is 6.08. The lowest BCUT2D eigenvalue weighted by atomic mass is 9.86. The van der Waals surface area contributed by atoms with Crippen molar-refractivity contribution in [1.82, 2.24) is 0 Å². The zero-order valence-electron chi connectivity index (χ0n) is 18.9. The third-order valence-electron chi connectivity index (χ3n) is 5.46. The van der Waals surface area contributed by atoms with Crippen LogP contribution in [0.1, 0.15) is 43.9 Å². The molecule has 0 aliphatic heterocycles. The number of hydrogen-bond acceptors (Lipinski definition) is 3. The van der Waals surface area contributed by atoms with E-state index in [0.717, 1.165) is 23.2 Å². The standard InChI is InChI=1S/C28H32N2O/c1-20-5-15-25(16-6-20)30-27(26(29)17-18-31)19-21-7-9-22(10-8-21)23-11-13-24(14-12-23)28(2,3)4/h5-16,18,30H,17,19,29H2,1-4H3/b27-26-. The molecule has 0 aromatic heterocycles. The summed E-state index contributed by atoms with van der Waals surface area (Å²) in [7, 11) is 0. The Labute approximate surface area is 186 Å². The summed E-state index contributed by atoms with van der Waals surface area (Å²) in [5.74, 6) is 0. The molecule has 3 aromatic carbocycles. The molecule has 0 spiro atoms. The molecule has 0 atom stereocenters. The molecule has 3 nitrogen and oxygen atoms in total. The summed E-state index contributed by atoms with van der Waals surface area (Å²) in [6.45, 7) is 8.73. The molecule has 0 heterocycles. The van der Waals surface area contributed by atoms with Gasteiger partial charge in [-0.3, -0.25) is 0 Å². The molecule has 3 heteroatoms. The van der Waals surface area contributed by atoms with Crippen LogP contribution in [0.15, 0.2) is 84.2 Å². The average molecular weight is 413 g/mol. The summed E-state index contributed by atoms with van der Waals surface area (Å²) in [6, 6.07) is 25.4. The van der Waals surface area contributed by atoms with Crippen LogP contribution in [0.3, 0.4) is 0 Å². The highest BCUT2D eigenvalue weighted by Crippen LogP contribution is 2.27. The summed E-state index contributed by atoms with van der Waals surface area (Å²) < 4.78 is 0. The van der Waals surface area contributed by atoms with Crippen LogP contribution >= 0.6 is 0 Å². The van der Waals surface area contributed by atoms with Crippen molar-refractivity contribution >= 4 is 12.0 Å². The van der Waals surface area contributed by atoms with Gasteiger partial charge in [-0.25, -0.2) is 0 Å². The Bertz CT molecular complexity index is 1040. The van der Waals surface area contributed by atoms with Crippen LogP contribution in [0, 0.1) is 6.92 Å². The van der Waals surface area contributed by atoms with Gasteiger partial charge in [-0.05, 0) is 46.7 Å². The summed E-state index contributed by atoms with van der Waals surface area (Å²) in [5.41, 5.74) is 14.8. The Morgan fingerprint density at radius 2 is 1.42 bits per heavy atom. The first-order chi connectivity index (χ1) is 14.8. The number of nitrogens with one attached hydrogen (secondary N) is 1. The maximum Gasteiger partial charge on any atom is 0.125 e. The first-order valence-electron chi connectivity index (χ1n) is 10.7. The van der Waals surface area contributed by atoms with Crippen molar-refractivity contribution in [2.24, 2.45) is 5.73 Å². The van der Waals surface area contributed by atoms with Crippen LogP contribution in [0.5, 0.6) is 0 Å². The molecular weight excluding hydrogens is 380 g/mol. The predicted molar refractivity (Wildman–Crippen MR) is 131 cm³/mol. The molecule has 3 aromatic rings. The second kappa shape index (κ2) is 9.65. The van der Waals surface area contributed by atoms with Gasteiger partial charge in [0.05, 0.1) is 0 Å². The molecule has 160 valence electrons. The van der Waals surface area contributed by atoms with E-state index in [1.165, 1.54) is 22.3 Å². The van der Waals surface area contributed by atoms with Crippen LogP contribution in [0.4, 0.5) is 5.69 Å². The van der Waals surface area contributed by atoms with E-state index in [1.54, 1.807) is 0 Å². The maximum atomic E-state index is 11.0. The molecule has 0 aliphatic rings. The lowest BCUT2D eigenvalue weighted by Gasteiger charge is -2.19. The molecule has 0 bridgehead atoms. The molecule has 0 saturated carbocycles. The highest BCUT2D eigenvalue weighted by Gasteiger charge is 2.13. The predicted octanol–water partition coefficient (Wildman–Crippen LogP) is 6.37. The lowest BCUT2D eigenvalue weighted by molar-refractivity contribution is -0.107. The number of aldehydes is 1. The number of carbonyl (C=O) groups is 1. The first-order valence-corrected chi connectivity index (χ1v) is 10.7. The Morgan fingerprint density at radius 1 is 0.871 bits per heavy atom. The van der Waals surface area contributed by atoms with Crippen LogP contribution in [0.2, 0.25) is 0 Å². The Hall–Kier alpha value is -3.33. The van der Waals surface area contributed by atoms with Gasteiger partial charge in [-0.2, -0.15) is 0 Å². The monoisotopic (exact) mass is 412 g/mol. The van der Waals surface area contributed by atoms with Gasteiger partial charge < -0.3 is 15.8 Å². The fourth-order valence-electron chi connectivity index (χ4n) is 3.44. The highest BCUT2D eigenvalue weighted by molar-refractivity contribution is 5.64. The Morgan fingerprint density at radius 3 is 1.94 bits per heavy atom. The average Bonchev–Trinajstić information content (AvgIpc) is 2.75. The van der Waals surface area contributed by atoms with Gasteiger partial charge in [0, 0.05) is 29.9 Å². The summed E-state index contributed by atoms with van der Waals surface area (Å²) >= 11 is 0. The van der Waals surface area contributed by atoms with Gasteiger partial charge in [-0.1, -0.05) is 87.0 Å². The number of hydrogen-bond donors (Lipinski definition) is 2. The molecule has 0 radical (unpaired) electrons. The molecule has 0 saturated heterocycles. The topological polar surface area (TPSA) is 55.1 Å². The van der Waals surface area contributed by atoms with E-state index in [9.17, 15) is 4.79 Å². The number of allylic oxidation sites excluding steroid dienone is 2. The third-order valence-corrected chi connectivity index (χ3v) is 5.46. The number of benzene rings is 3. The molecule has 3 rings (SSSR count). The Kier molecular flexibility index (Phi) is 6.96. The van der Waals surface area contributed by atoms with E-state index >= 15 is 0 Å². The first kappa shape index (κ1) is 22.4. The number of anilines is 1. The van der Waals surface area contributed by atoms with Gasteiger partial charge in [-0.15, -0.1) is 0 Å². The largest absolute Gasteiger partial charge is 0.400 e. The molecule has 3 N–H and O–H groups in total.